The van der Waals surface area contributed by atoms with Crippen LogP contribution in [-0.2, 0) is 9.47 Å². The molecule has 0 bridgehead atoms. The molecule has 0 unspecified atom stereocenters. The van der Waals surface area contributed by atoms with Gasteiger partial charge in [-0.2, -0.15) is 0 Å². The van der Waals surface area contributed by atoms with Crippen molar-refractivity contribution in [3.8, 4) is 22.6 Å². The molecule has 2 aromatic heterocycles. The first kappa shape index (κ1) is 28.6. The SMILES string of the molecule is C[C@@H]1CN(C(=O)c2ccc(-c3c[nH]c4nccc(Oc5c(F)cc(NC6=NCC(C)(C)CO6)cc5F)c34)cc2)C[C@H](C)O1. The fraction of sp³-hybridized carbons (Fsp3) is 0.344. The molecule has 0 saturated carbocycles. The van der Waals surface area contributed by atoms with E-state index in [2.05, 4.69) is 20.3 Å². The third-order valence-corrected chi connectivity index (χ3v) is 7.40. The lowest BCUT2D eigenvalue weighted by Gasteiger charge is -2.35. The number of ether oxygens (including phenoxy) is 3. The average molecular weight is 590 g/mol. The van der Waals surface area contributed by atoms with Gasteiger partial charge in [0.1, 0.15) is 11.4 Å². The standard InChI is InChI=1S/C32H33F2N5O4/c1-18-14-39(15-19(2)42-18)30(40)21-7-5-20(6-8-21)23-13-36-29-27(23)26(9-10-35-29)43-28-24(33)11-22(12-25(28)34)38-31-37-16-32(3,4)17-41-31/h5-13,18-19H,14-17H2,1-4H3,(H,35,36)(H,37,38)/t18-,19+. The second kappa shape index (κ2) is 11.3. The van der Waals surface area contributed by atoms with Crippen LogP contribution in [0.5, 0.6) is 11.5 Å². The Morgan fingerprint density at radius 1 is 1.09 bits per heavy atom. The van der Waals surface area contributed by atoms with Crippen LogP contribution >= 0.6 is 0 Å². The minimum Gasteiger partial charge on any atom is -0.464 e. The number of nitrogens with one attached hydrogen (secondary N) is 2. The maximum absolute atomic E-state index is 15.2. The molecule has 1 amide bonds. The summed E-state index contributed by atoms with van der Waals surface area (Å²) in [5.74, 6) is -2.18. The summed E-state index contributed by atoms with van der Waals surface area (Å²) >= 11 is 0. The second-order valence-electron chi connectivity index (χ2n) is 11.9. The summed E-state index contributed by atoms with van der Waals surface area (Å²) in [5, 5.41) is 3.38. The molecule has 1 fully saturated rings. The van der Waals surface area contributed by atoms with E-state index >= 15 is 8.78 Å². The number of rotatable bonds is 5. The number of aliphatic imine (C=N–C) groups is 1. The zero-order valence-electron chi connectivity index (χ0n) is 24.4. The van der Waals surface area contributed by atoms with Gasteiger partial charge in [0.25, 0.3) is 11.9 Å². The van der Waals surface area contributed by atoms with Crippen LogP contribution in [0, 0.1) is 17.0 Å². The number of carbonyl (C=O) groups is 1. The zero-order chi connectivity index (χ0) is 30.3. The molecular formula is C32H33F2N5O4. The lowest BCUT2D eigenvalue weighted by molar-refractivity contribution is -0.0586. The number of anilines is 1. The van der Waals surface area contributed by atoms with E-state index in [-0.39, 0.29) is 41.0 Å². The molecule has 1 saturated heterocycles. The van der Waals surface area contributed by atoms with Crippen LogP contribution in [0.25, 0.3) is 22.2 Å². The third-order valence-electron chi connectivity index (χ3n) is 7.40. The van der Waals surface area contributed by atoms with Gasteiger partial charge in [0.05, 0.1) is 30.7 Å². The first-order valence-corrected chi connectivity index (χ1v) is 14.2. The summed E-state index contributed by atoms with van der Waals surface area (Å²) in [7, 11) is 0. The number of hydrogen-bond donors (Lipinski definition) is 2. The van der Waals surface area contributed by atoms with E-state index in [1.807, 2.05) is 39.8 Å². The Balaban J connectivity index is 1.24. The average Bonchev–Trinajstić information content (AvgIpc) is 3.40. The Morgan fingerprint density at radius 2 is 1.79 bits per heavy atom. The second-order valence-corrected chi connectivity index (χ2v) is 11.9. The minimum absolute atomic E-state index is 0.0285. The normalized spacial score (nSPS) is 20.0. The number of carbonyl (C=O) groups excluding carboxylic acids is 1. The van der Waals surface area contributed by atoms with Crippen molar-refractivity contribution in [2.45, 2.75) is 39.9 Å². The van der Waals surface area contributed by atoms with Crippen LogP contribution < -0.4 is 10.1 Å². The topological polar surface area (TPSA) is 101 Å². The number of halogens is 2. The molecular weight excluding hydrogens is 556 g/mol. The van der Waals surface area contributed by atoms with Crippen LogP contribution in [0.1, 0.15) is 38.1 Å². The van der Waals surface area contributed by atoms with E-state index in [9.17, 15) is 4.79 Å². The number of amides is 1. The monoisotopic (exact) mass is 589 g/mol. The molecule has 2 atom stereocenters. The fourth-order valence-corrected chi connectivity index (χ4v) is 5.34. The van der Waals surface area contributed by atoms with Gasteiger partial charge in [-0.25, -0.2) is 18.8 Å². The molecule has 2 N–H and O–H groups in total. The molecule has 0 radical (unpaired) electrons. The number of morpholine rings is 1. The van der Waals surface area contributed by atoms with Crippen LogP contribution in [0.3, 0.4) is 0 Å². The number of hydrogen-bond acceptors (Lipinski definition) is 7. The summed E-state index contributed by atoms with van der Waals surface area (Å²) in [4.78, 5) is 26.7. The Bertz CT molecular complexity index is 1670. The maximum atomic E-state index is 15.2. The van der Waals surface area contributed by atoms with Gasteiger partial charge in [0.15, 0.2) is 17.4 Å². The van der Waals surface area contributed by atoms with Crippen molar-refractivity contribution in [1.82, 2.24) is 14.9 Å². The van der Waals surface area contributed by atoms with Crippen LogP contribution in [0.15, 0.2) is 59.9 Å². The number of nitrogens with zero attached hydrogens (tertiary/aromatic N) is 3. The molecule has 2 aliphatic heterocycles. The van der Waals surface area contributed by atoms with E-state index < -0.39 is 17.4 Å². The Labute approximate surface area is 247 Å². The van der Waals surface area contributed by atoms with Crippen LogP contribution in [0.2, 0.25) is 0 Å². The van der Waals surface area contributed by atoms with Gasteiger partial charge < -0.3 is 29.4 Å². The first-order valence-electron chi connectivity index (χ1n) is 14.2. The summed E-state index contributed by atoms with van der Waals surface area (Å²) in [6.45, 7) is 9.99. The van der Waals surface area contributed by atoms with Gasteiger partial charge >= 0.3 is 0 Å². The van der Waals surface area contributed by atoms with Crippen LogP contribution in [0.4, 0.5) is 14.5 Å². The van der Waals surface area contributed by atoms with Crippen molar-refractivity contribution in [2.24, 2.45) is 10.4 Å². The number of benzene rings is 2. The molecule has 4 aromatic rings. The van der Waals surface area contributed by atoms with E-state index in [1.165, 1.54) is 6.20 Å². The van der Waals surface area contributed by atoms with Crippen molar-refractivity contribution in [3.63, 3.8) is 0 Å². The number of H-pyrrole nitrogens is 1. The number of fused-ring (bicyclic) bond motifs is 1. The maximum Gasteiger partial charge on any atom is 0.289 e. The van der Waals surface area contributed by atoms with E-state index in [1.54, 1.807) is 29.3 Å². The highest BCUT2D eigenvalue weighted by atomic mass is 19.1. The van der Waals surface area contributed by atoms with E-state index in [4.69, 9.17) is 14.2 Å². The first-order chi connectivity index (χ1) is 20.6. The summed E-state index contributed by atoms with van der Waals surface area (Å²) in [6, 6.07) is 11.2. The van der Waals surface area contributed by atoms with Crippen molar-refractivity contribution in [2.75, 3.05) is 31.6 Å². The predicted octanol–water partition coefficient (Wildman–Crippen LogP) is 6.37. The van der Waals surface area contributed by atoms with Crippen molar-refractivity contribution < 1.29 is 27.8 Å². The largest absolute Gasteiger partial charge is 0.464 e. The van der Waals surface area contributed by atoms with Crippen molar-refractivity contribution >= 4 is 28.6 Å². The van der Waals surface area contributed by atoms with Crippen LogP contribution in [-0.4, -0.2) is 65.2 Å². The molecule has 0 aliphatic carbocycles. The van der Waals surface area contributed by atoms with Gasteiger partial charge in [0.2, 0.25) is 0 Å². The summed E-state index contributed by atoms with van der Waals surface area (Å²) in [6.07, 6.45) is 3.19. The molecule has 43 heavy (non-hydrogen) atoms. The quantitative estimate of drug-likeness (QED) is 0.280. The van der Waals surface area contributed by atoms with Gasteiger partial charge in [-0.15, -0.1) is 0 Å². The van der Waals surface area contributed by atoms with Gasteiger partial charge in [0, 0.05) is 59.8 Å². The number of pyridine rings is 1. The van der Waals surface area contributed by atoms with Crippen molar-refractivity contribution in [1.29, 1.82) is 0 Å². The molecule has 2 aromatic carbocycles. The summed E-state index contributed by atoms with van der Waals surface area (Å²) < 4.78 is 47.6. The Kier molecular flexibility index (Phi) is 7.51. The lowest BCUT2D eigenvalue weighted by atomic mass is 9.95. The predicted molar refractivity (Wildman–Crippen MR) is 160 cm³/mol. The Hall–Kier alpha value is -4.51. The van der Waals surface area contributed by atoms with Crippen molar-refractivity contribution in [3.05, 3.63) is 72.1 Å². The highest BCUT2D eigenvalue weighted by Gasteiger charge is 2.27. The van der Waals surface area contributed by atoms with Gasteiger partial charge in [-0.05, 0) is 37.6 Å². The minimum atomic E-state index is -0.893. The highest BCUT2D eigenvalue weighted by Crippen LogP contribution is 2.39. The third kappa shape index (κ3) is 6.03. The molecule has 4 heterocycles. The molecule has 9 nitrogen and oxygen atoms in total. The molecule has 6 rings (SSSR count). The fourth-order valence-electron chi connectivity index (χ4n) is 5.34. The smallest absolute Gasteiger partial charge is 0.289 e. The molecule has 0 spiro atoms. The van der Waals surface area contributed by atoms with E-state index in [0.717, 1.165) is 17.7 Å². The lowest BCUT2D eigenvalue weighted by Crippen LogP contribution is -2.48. The summed E-state index contributed by atoms with van der Waals surface area (Å²) in [5.41, 5.74) is 2.58. The number of amidine groups is 1. The Morgan fingerprint density at radius 3 is 2.44 bits per heavy atom. The highest BCUT2D eigenvalue weighted by molar-refractivity contribution is 5.99. The molecule has 2 aliphatic rings. The number of aromatic nitrogens is 2. The zero-order valence-corrected chi connectivity index (χ0v) is 24.4. The van der Waals surface area contributed by atoms with Gasteiger partial charge in [-0.3, -0.25) is 4.79 Å². The number of aromatic amines is 1. The molecule has 224 valence electrons. The van der Waals surface area contributed by atoms with Gasteiger partial charge in [-0.1, -0.05) is 26.0 Å². The van der Waals surface area contributed by atoms with E-state index in [0.29, 0.717) is 48.4 Å². The molecule has 11 heteroatoms.